The summed E-state index contributed by atoms with van der Waals surface area (Å²) in [6.07, 6.45) is 1.04. The number of benzene rings is 2. The van der Waals surface area contributed by atoms with E-state index in [4.69, 9.17) is 15.2 Å². The van der Waals surface area contributed by atoms with E-state index in [0.717, 1.165) is 21.4 Å². The number of allylic oxidation sites excluding steroid dienone is 2. The summed E-state index contributed by atoms with van der Waals surface area (Å²) in [5.41, 5.74) is 9.83. The van der Waals surface area contributed by atoms with Gasteiger partial charge in [-0.3, -0.25) is 9.69 Å². The van der Waals surface area contributed by atoms with Crippen LogP contribution in [-0.4, -0.2) is 25.5 Å². The number of carbonyl (C=O) groups is 2. The summed E-state index contributed by atoms with van der Waals surface area (Å²) in [4.78, 5) is 28.8. The number of anilines is 1. The third-order valence-electron chi connectivity index (χ3n) is 6.29. The number of ether oxygens (including phenoxy) is 2. The van der Waals surface area contributed by atoms with Crippen molar-refractivity contribution in [2.45, 2.75) is 39.5 Å². The minimum atomic E-state index is -0.597. The lowest BCUT2D eigenvalue weighted by Crippen LogP contribution is -2.43. The number of esters is 1. The van der Waals surface area contributed by atoms with E-state index < -0.39 is 11.9 Å². The molecule has 0 saturated carbocycles. The largest absolute Gasteiger partial charge is 0.497 e. The van der Waals surface area contributed by atoms with Gasteiger partial charge in [-0.15, -0.1) is 0 Å². The topological polar surface area (TPSA) is 81.9 Å². The number of nitrogens with two attached hydrogens (primary N) is 1. The van der Waals surface area contributed by atoms with E-state index in [1.807, 2.05) is 53.4 Å². The lowest BCUT2D eigenvalue weighted by Gasteiger charge is -2.44. The Labute approximate surface area is 208 Å². The number of hydrogen-bond acceptors (Lipinski definition) is 6. The first-order chi connectivity index (χ1) is 16.2. The van der Waals surface area contributed by atoms with Gasteiger partial charge in [-0.2, -0.15) is 0 Å². The average molecular weight is 525 g/mol. The number of ketones is 1. The maximum Gasteiger partial charge on any atom is 0.338 e. The highest BCUT2D eigenvalue weighted by Crippen LogP contribution is 2.50. The average Bonchev–Trinajstić information content (AvgIpc) is 2.78. The van der Waals surface area contributed by atoms with Crippen LogP contribution in [0.5, 0.6) is 5.75 Å². The van der Waals surface area contributed by atoms with Crippen LogP contribution in [0, 0.1) is 5.41 Å². The molecule has 7 heteroatoms. The first-order valence-corrected chi connectivity index (χ1v) is 12.1. The molecule has 0 amide bonds. The fourth-order valence-corrected chi connectivity index (χ4v) is 5.10. The second-order valence-corrected chi connectivity index (χ2v) is 10.3. The number of hydrogen-bond donors (Lipinski definition) is 1. The highest BCUT2D eigenvalue weighted by atomic mass is 79.9. The van der Waals surface area contributed by atoms with Crippen molar-refractivity contribution in [3.8, 4) is 5.75 Å². The Bertz CT molecular complexity index is 1180. The molecule has 6 nitrogen and oxygen atoms in total. The van der Waals surface area contributed by atoms with Crippen LogP contribution >= 0.6 is 15.9 Å². The van der Waals surface area contributed by atoms with Gasteiger partial charge in [0.15, 0.2) is 5.78 Å². The number of carbonyl (C=O) groups excluding carboxylic acids is 2. The highest BCUT2D eigenvalue weighted by molar-refractivity contribution is 9.10. The van der Waals surface area contributed by atoms with E-state index in [1.165, 1.54) is 0 Å². The van der Waals surface area contributed by atoms with Crippen LogP contribution in [0.1, 0.15) is 45.1 Å². The van der Waals surface area contributed by atoms with Crippen molar-refractivity contribution in [2.24, 2.45) is 11.1 Å². The Kier molecular flexibility index (Phi) is 6.58. The Morgan fingerprint density at radius 1 is 1.12 bits per heavy atom. The minimum Gasteiger partial charge on any atom is -0.497 e. The van der Waals surface area contributed by atoms with Gasteiger partial charge < -0.3 is 15.2 Å². The third kappa shape index (κ3) is 4.37. The normalized spacial score (nSPS) is 19.7. The summed E-state index contributed by atoms with van der Waals surface area (Å²) >= 11 is 3.47. The molecule has 4 rings (SSSR count). The molecule has 1 heterocycles. The first kappa shape index (κ1) is 24.1. The molecule has 1 unspecified atom stereocenters. The Balaban J connectivity index is 2.00. The SMILES string of the molecule is CCOC(=O)C1=C(N)N(c2ccc(OC)cc2)C2=C(C(=O)CC(C)(C)C2)C1c1ccc(Br)cc1. The quantitative estimate of drug-likeness (QED) is 0.524. The highest BCUT2D eigenvalue weighted by Gasteiger charge is 2.46. The molecule has 2 aromatic carbocycles. The number of halogens is 1. The summed E-state index contributed by atoms with van der Waals surface area (Å²) in [5.74, 6) is -0.112. The van der Waals surface area contributed by atoms with E-state index in [0.29, 0.717) is 24.2 Å². The van der Waals surface area contributed by atoms with Crippen molar-refractivity contribution in [1.82, 2.24) is 0 Å². The van der Waals surface area contributed by atoms with Gasteiger partial charge in [0.1, 0.15) is 11.6 Å². The number of nitrogens with zero attached hydrogens (tertiary/aromatic N) is 1. The molecule has 2 aromatic rings. The summed E-state index contributed by atoms with van der Waals surface area (Å²) in [7, 11) is 1.61. The molecule has 2 N–H and O–H groups in total. The van der Waals surface area contributed by atoms with E-state index in [9.17, 15) is 9.59 Å². The molecule has 1 aliphatic carbocycles. The van der Waals surface area contributed by atoms with Gasteiger partial charge in [0, 0.05) is 27.9 Å². The summed E-state index contributed by atoms with van der Waals surface area (Å²) in [6, 6.07) is 15.1. The standard InChI is InChI=1S/C27H29BrN2O4/c1-5-34-26(32)24-22(16-6-8-17(28)9-7-16)23-20(14-27(2,3)15-21(23)31)30(25(24)29)18-10-12-19(33-4)13-11-18/h6-13,22H,5,14-15,29H2,1-4H3. The number of methoxy groups -OCH3 is 1. The first-order valence-electron chi connectivity index (χ1n) is 11.3. The summed E-state index contributed by atoms with van der Waals surface area (Å²) < 4.78 is 11.7. The molecule has 1 atom stereocenters. The van der Waals surface area contributed by atoms with Crippen LogP contribution in [-0.2, 0) is 14.3 Å². The van der Waals surface area contributed by atoms with Crippen molar-refractivity contribution in [3.05, 3.63) is 81.2 Å². The summed E-state index contributed by atoms with van der Waals surface area (Å²) in [6.45, 7) is 6.12. The van der Waals surface area contributed by atoms with Gasteiger partial charge in [-0.1, -0.05) is 41.9 Å². The maximum absolute atomic E-state index is 13.7. The summed E-state index contributed by atoms with van der Waals surface area (Å²) in [5, 5.41) is 0. The van der Waals surface area contributed by atoms with E-state index in [1.54, 1.807) is 14.0 Å². The Morgan fingerprint density at radius 2 is 1.76 bits per heavy atom. The van der Waals surface area contributed by atoms with Crippen molar-refractivity contribution in [2.75, 3.05) is 18.6 Å². The number of rotatable bonds is 5. The lowest BCUT2D eigenvalue weighted by atomic mass is 9.68. The van der Waals surface area contributed by atoms with Gasteiger partial charge in [0.25, 0.3) is 0 Å². The van der Waals surface area contributed by atoms with Gasteiger partial charge in [-0.25, -0.2) is 4.79 Å². The van der Waals surface area contributed by atoms with Crippen molar-refractivity contribution < 1.29 is 19.1 Å². The molecule has 0 radical (unpaired) electrons. The second kappa shape index (κ2) is 9.29. The van der Waals surface area contributed by atoms with Gasteiger partial charge >= 0.3 is 5.97 Å². The van der Waals surface area contributed by atoms with E-state index >= 15 is 0 Å². The molecular formula is C27H29BrN2O4. The lowest BCUT2D eigenvalue weighted by molar-refractivity contribution is -0.138. The van der Waals surface area contributed by atoms with Gasteiger partial charge in [-0.05, 0) is 60.7 Å². The van der Waals surface area contributed by atoms with Crippen LogP contribution in [0.25, 0.3) is 0 Å². The molecular weight excluding hydrogens is 496 g/mol. The predicted octanol–water partition coefficient (Wildman–Crippen LogP) is 5.44. The minimum absolute atomic E-state index is 0.0204. The van der Waals surface area contributed by atoms with Gasteiger partial charge in [0.2, 0.25) is 0 Å². The molecule has 34 heavy (non-hydrogen) atoms. The third-order valence-corrected chi connectivity index (χ3v) is 6.82. The zero-order valence-corrected chi connectivity index (χ0v) is 21.4. The fraction of sp³-hybridized carbons (Fsp3) is 0.333. The number of Topliss-reactive ketones (excluding diaryl/α,β-unsaturated/α-hetero) is 1. The molecule has 178 valence electrons. The zero-order chi connectivity index (χ0) is 24.6. The monoisotopic (exact) mass is 524 g/mol. The molecule has 0 saturated heterocycles. The molecule has 1 aliphatic heterocycles. The van der Waals surface area contributed by atoms with Crippen LogP contribution < -0.4 is 15.4 Å². The Hall–Kier alpha value is -3.06. The van der Waals surface area contributed by atoms with Crippen molar-refractivity contribution >= 4 is 33.4 Å². The predicted molar refractivity (Wildman–Crippen MR) is 135 cm³/mol. The second-order valence-electron chi connectivity index (χ2n) is 9.34. The van der Waals surface area contributed by atoms with E-state index in [2.05, 4.69) is 29.8 Å². The molecule has 0 fully saturated rings. The molecule has 0 spiro atoms. The van der Waals surface area contributed by atoms with Crippen LogP contribution in [0.2, 0.25) is 0 Å². The molecule has 2 aliphatic rings. The fourth-order valence-electron chi connectivity index (χ4n) is 4.83. The van der Waals surface area contributed by atoms with Crippen LogP contribution in [0.4, 0.5) is 5.69 Å². The molecule has 0 aromatic heterocycles. The maximum atomic E-state index is 13.7. The van der Waals surface area contributed by atoms with Crippen molar-refractivity contribution in [3.63, 3.8) is 0 Å². The smallest absolute Gasteiger partial charge is 0.338 e. The molecule has 0 bridgehead atoms. The zero-order valence-electron chi connectivity index (χ0n) is 19.9. The van der Waals surface area contributed by atoms with Gasteiger partial charge in [0.05, 0.1) is 25.2 Å². The van der Waals surface area contributed by atoms with Crippen molar-refractivity contribution in [1.29, 1.82) is 0 Å². The van der Waals surface area contributed by atoms with Crippen LogP contribution in [0.15, 0.2) is 75.7 Å². The Morgan fingerprint density at radius 3 is 2.35 bits per heavy atom. The van der Waals surface area contributed by atoms with E-state index in [-0.39, 0.29) is 29.2 Å². The van der Waals surface area contributed by atoms with Crippen LogP contribution in [0.3, 0.4) is 0 Å².